The van der Waals surface area contributed by atoms with Gasteiger partial charge in [-0.15, -0.1) is 0 Å². The van der Waals surface area contributed by atoms with Gasteiger partial charge in [0.2, 0.25) is 0 Å². The molecular weight excluding hydrogens is 167 g/mol. The molecule has 2 N–H and O–H groups in total. The lowest BCUT2D eigenvalue weighted by Gasteiger charge is -2.03. The van der Waals surface area contributed by atoms with E-state index in [-0.39, 0.29) is 6.10 Å². The van der Waals surface area contributed by atoms with E-state index in [0.717, 1.165) is 17.7 Å². The molecule has 0 bridgehead atoms. The number of benzene rings is 1. The Kier molecular flexibility index (Phi) is 2.02. The fraction of sp³-hybridized carbons (Fsp3) is 0.333. The summed E-state index contributed by atoms with van der Waals surface area (Å²) in [6.07, 6.45) is 1.04. The molecule has 1 aliphatic rings. The second-order valence-corrected chi connectivity index (χ2v) is 3.37. The first-order chi connectivity index (χ1) is 6.16. The van der Waals surface area contributed by atoms with E-state index in [9.17, 15) is 0 Å². The maximum absolute atomic E-state index is 8.94. The minimum atomic E-state index is -1.39. The average Bonchev–Trinajstić information content (AvgIpc) is 2.42. The summed E-state index contributed by atoms with van der Waals surface area (Å²) in [6.45, 7) is 2.00. The van der Waals surface area contributed by atoms with Crippen molar-refractivity contribution in [1.29, 1.82) is 0 Å². The highest BCUT2D eigenvalue weighted by Crippen LogP contribution is 2.27. The van der Waals surface area contributed by atoms with E-state index in [1.54, 1.807) is 18.2 Å². The minimum absolute atomic E-state index is 0.195. The lowest BCUT2D eigenvalue weighted by Crippen LogP contribution is -2.29. The summed E-state index contributed by atoms with van der Waals surface area (Å²) >= 11 is 0. The van der Waals surface area contributed by atoms with Gasteiger partial charge in [-0.1, -0.05) is 12.1 Å². The first-order valence-corrected chi connectivity index (χ1v) is 4.32. The van der Waals surface area contributed by atoms with E-state index < -0.39 is 7.12 Å². The van der Waals surface area contributed by atoms with Gasteiger partial charge >= 0.3 is 7.12 Å². The van der Waals surface area contributed by atoms with E-state index in [0.29, 0.717) is 5.46 Å². The Hall–Kier alpha value is -0.995. The van der Waals surface area contributed by atoms with Crippen molar-refractivity contribution < 1.29 is 14.8 Å². The summed E-state index contributed by atoms with van der Waals surface area (Å²) in [5.74, 6) is 0.858. The molecule has 1 atom stereocenters. The molecule has 0 spiro atoms. The van der Waals surface area contributed by atoms with Crippen molar-refractivity contribution in [3.8, 4) is 5.75 Å². The van der Waals surface area contributed by atoms with Gasteiger partial charge in [-0.3, -0.25) is 0 Å². The van der Waals surface area contributed by atoms with Crippen LogP contribution in [0.15, 0.2) is 18.2 Å². The summed E-state index contributed by atoms with van der Waals surface area (Å²) in [4.78, 5) is 0. The molecule has 0 unspecified atom stereocenters. The van der Waals surface area contributed by atoms with Gasteiger partial charge in [0.05, 0.1) is 0 Å². The van der Waals surface area contributed by atoms with Crippen LogP contribution in [-0.4, -0.2) is 23.3 Å². The van der Waals surface area contributed by atoms with Crippen LogP contribution in [0.3, 0.4) is 0 Å². The second-order valence-electron chi connectivity index (χ2n) is 3.37. The average molecular weight is 178 g/mol. The monoisotopic (exact) mass is 178 g/mol. The topological polar surface area (TPSA) is 49.7 Å². The summed E-state index contributed by atoms with van der Waals surface area (Å²) in [5, 5.41) is 17.9. The Bertz CT molecular complexity index is 325. The van der Waals surface area contributed by atoms with Crippen LogP contribution in [0.4, 0.5) is 0 Å². The van der Waals surface area contributed by atoms with Crippen molar-refractivity contribution >= 4 is 12.6 Å². The van der Waals surface area contributed by atoms with Crippen molar-refractivity contribution in [3.63, 3.8) is 0 Å². The van der Waals surface area contributed by atoms with Crippen molar-refractivity contribution in [2.24, 2.45) is 0 Å². The second kappa shape index (κ2) is 3.05. The minimum Gasteiger partial charge on any atom is -0.490 e. The lowest BCUT2D eigenvalue weighted by molar-refractivity contribution is 0.254. The lowest BCUT2D eigenvalue weighted by atomic mass is 9.79. The molecule has 3 nitrogen and oxygen atoms in total. The Morgan fingerprint density at radius 3 is 2.92 bits per heavy atom. The summed E-state index contributed by atoms with van der Waals surface area (Å²) < 4.78 is 5.48. The third kappa shape index (κ3) is 1.55. The maximum atomic E-state index is 8.94. The van der Waals surface area contributed by atoms with Gasteiger partial charge in [0.1, 0.15) is 11.9 Å². The standard InChI is InChI=1S/C9H11BO3/c1-6-4-7-5-8(10(11)12)2-3-9(7)13-6/h2-3,5-6,11-12H,4H2,1H3/t6-/m1/s1. The molecule has 0 amide bonds. The zero-order valence-electron chi connectivity index (χ0n) is 7.40. The van der Waals surface area contributed by atoms with Crippen LogP contribution in [0.1, 0.15) is 12.5 Å². The summed E-state index contributed by atoms with van der Waals surface area (Å²) in [5.41, 5.74) is 1.58. The highest BCUT2D eigenvalue weighted by molar-refractivity contribution is 6.58. The number of ether oxygens (including phenoxy) is 1. The Balaban J connectivity index is 2.35. The van der Waals surface area contributed by atoms with Crippen LogP contribution in [0.25, 0.3) is 0 Å². The molecule has 0 fully saturated rings. The smallest absolute Gasteiger partial charge is 0.488 e. The van der Waals surface area contributed by atoms with Crippen LogP contribution in [0.2, 0.25) is 0 Å². The van der Waals surface area contributed by atoms with E-state index >= 15 is 0 Å². The zero-order chi connectivity index (χ0) is 9.42. The fourth-order valence-corrected chi connectivity index (χ4v) is 1.60. The SMILES string of the molecule is C[C@@H]1Cc2cc(B(O)O)ccc2O1. The van der Waals surface area contributed by atoms with Gasteiger partial charge in [-0.2, -0.15) is 0 Å². The largest absolute Gasteiger partial charge is 0.490 e. The molecule has 0 aromatic heterocycles. The van der Waals surface area contributed by atoms with Crippen molar-refractivity contribution in [2.75, 3.05) is 0 Å². The maximum Gasteiger partial charge on any atom is 0.488 e. The first kappa shape index (κ1) is 8.60. The molecule has 1 aromatic rings. The molecular formula is C9H11BO3. The van der Waals surface area contributed by atoms with Gasteiger partial charge in [0.25, 0.3) is 0 Å². The highest BCUT2D eigenvalue weighted by atomic mass is 16.5. The zero-order valence-corrected chi connectivity index (χ0v) is 7.40. The Morgan fingerprint density at radius 2 is 2.23 bits per heavy atom. The Labute approximate surface area is 77.1 Å². The van der Waals surface area contributed by atoms with Gasteiger partial charge < -0.3 is 14.8 Å². The molecule has 4 heteroatoms. The molecule has 1 heterocycles. The van der Waals surface area contributed by atoms with Gasteiger partial charge in [-0.05, 0) is 24.0 Å². The van der Waals surface area contributed by atoms with Crippen molar-refractivity contribution in [1.82, 2.24) is 0 Å². The van der Waals surface area contributed by atoms with Crippen LogP contribution in [-0.2, 0) is 6.42 Å². The first-order valence-electron chi connectivity index (χ1n) is 4.32. The molecule has 0 saturated heterocycles. The number of hydrogen-bond acceptors (Lipinski definition) is 3. The summed E-state index contributed by atoms with van der Waals surface area (Å²) in [6, 6.07) is 5.23. The van der Waals surface area contributed by atoms with Crippen LogP contribution in [0, 0.1) is 0 Å². The van der Waals surface area contributed by atoms with Crippen LogP contribution >= 0.6 is 0 Å². The van der Waals surface area contributed by atoms with Crippen molar-refractivity contribution in [2.45, 2.75) is 19.4 Å². The quantitative estimate of drug-likeness (QED) is 0.580. The van der Waals surface area contributed by atoms with Crippen molar-refractivity contribution in [3.05, 3.63) is 23.8 Å². The van der Waals surface area contributed by atoms with E-state index in [1.165, 1.54) is 0 Å². The molecule has 1 aliphatic heterocycles. The number of hydrogen-bond donors (Lipinski definition) is 2. The van der Waals surface area contributed by atoms with Gasteiger partial charge in [-0.25, -0.2) is 0 Å². The summed E-state index contributed by atoms with van der Waals surface area (Å²) in [7, 11) is -1.39. The Morgan fingerprint density at radius 1 is 1.46 bits per heavy atom. The van der Waals surface area contributed by atoms with E-state index in [2.05, 4.69) is 0 Å². The molecule has 68 valence electrons. The highest BCUT2D eigenvalue weighted by Gasteiger charge is 2.21. The normalized spacial score (nSPS) is 19.5. The molecule has 2 rings (SSSR count). The molecule has 0 saturated carbocycles. The molecule has 13 heavy (non-hydrogen) atoms. The third-order valence-electron chi connectivity index (χ3n) is 2.22. The predicted octanol–water partition coefficient (Wildman–Crippen LogP) is -0.310. The van der Waals surface area contributed by atoms with Gasteiger partial charge in [0, 0.05) is 6.42 Å². The third-order valence-corrected chi connectivity index (χ3v) is 2.22. The van der Waals surface area contributed by atoms with E-state index in [4.69, 9.17) is 14.8 Å². The fourth-order valence-electron chi connectivity index (χ4n) is 1.60. The predicted molar refractivity (Wildman–Crippen MR) is 50.1 cm³/mol. The van der Waals surface area contributed by atoms with E-state index in [1.807, 2.05) is 6.92 Å². The van der Waals surface area contributed by atoms with Crippen LogP contribution in [0.5, 0.6) is 5.75 Å². The van der Waals surface area contributed by atoms with Gasteiger partial charge in [0.15, 0.2) is 0 Å². The molecule has 0 radical (unpaired) electrons. The molecule has 1 aromatic carbocycles. The number of rotatable bonds is 1. The van der Waals surface area contributed by atoms with Crippen LogP contribution < -0.4 is 10.2 Å². The molecule has 0 aliphatic carbocycles. The number of fused-ring (bicyclic) bond motifs is 1.